The molecule has 4 aromatic rings. The Morgan fingerprint density at radius 2 is 1.97 bits per heavy atom. The van der Waals surface area contributed by atoms with E-state index in [-0.39, 0.29) is 23.9 Å². The van der Waals surface area contributed by atoms with Gasteiger partial charge in [0.1, 0.15) is 12.1 Å². The van der Waals surface area contributed by atoms with Gasteiger partial charge in [0.15, 0.2) is 0 Å². The zero-order valence-corrected chi connectivity index (χ0v) is 18.6. The molecular formula is C24H22ClN5O2. The predicted octanol–water partition coefficient (Wildman–Crippen LogP) is 4.37. The molecule has 32 heavy (non-hydrogen) atoms. The molecule has 8 heteroatoms. The molecule has 1 saturated carbocycles. The van der Waals surface area contributed by atoms with Crippen molar-refractivity contribution >= 4 is 34.1 Å². The summed E-state index contributed by atoms with van der Waals surface area (Å²) in [7, 11) is 0. The van der Waals surface area contributed by atoms with Crippen molar-refractivity contribution in [1.29, 1.82) is 0 Å². The molecule has 0 spiro atoms. The smallest absolute Gasteiger partial charge is 0.293 e. The molecule has 0 atom stereocenters. The lowest BCUT2D eigenvalue weighted by Crippen LogP contribution is -2.31. The number of nitrogens with one attached hydrogen (secondary N) is 1. The van der Waals surface area contributed by atoms with Gasteiger partial charge in [-0.2, -0.15) is 10.2 Å². The van der Waals surface area contributed by atoms with Gasteiger partial charge >= 0.3 is 0 Å². The minimum atomic E-state index is -0.363. The fourth-order valence-corrected chi connectivity index (χ4v) is 4.06. The molecule has 0 radical (unpaired) electrons. The fraction of sp³-hybridized carbons (Fsp3) is 0.250. The zero-order valence-electron chi connectivity index (χ0n) is 17.8. The highest BCUT2D eigenvalue weighted by Gasteiger charge is 2.30. The molecule has 5 rings (SSSR count). The summed E-state index contributed by atoms with van der Waals surface area (Å²) in [5, 5.41) is 13.2. The first-order valence-electron chi connectivity index (χ1n) is 10.5. The third kappa shape index (κ3) is 3.69. The third-order valence-corrected chi connectivity index (χ3v) is 6.13. The number of amides is 1. The largest absolute Gasteiger partial charge is 0.324 e. The van der Waals surface area contributed by atoms with Crippen molar-refractivity contribution in [2.24, 2.45) is 0 Å². The van der Waals surface area contributed by atoms with Crippen LogP contribution in [0.2, 0.25) is 5.02 Å². The maximum atomic E-state index is 13.4. The maximum absolute atomic E-state index is 13.4. The Balaban J connectivity index is 1.56. The quantitative estimate of drug-likeness (QED) is 0.492. The molecule has 162 valence electrons. The van der Waals surface area contributed by atoms with Crippen molar-refractivity contribution in [3.63, 3.8) is 0 Å². The molecule has 1 fully saturated rings. The van der Waals surface area contributed by atoms with Crippen LogP contribution in [-0.2, 0) is 11.3 Å². The van der Waals surface area contributed by atoms with Crippen molar-refractivity contribution < 1.29 is 4.79 Å². The van der Waals surface area contributed by atoms with E-state index in [9.17, 15) is 9.59 Å². The van der Waals surface area contributed by atoms with E-state index in [1.807, 2.05) is 44.2 Å². The highest BCUT2D eigenvalue weighted by molar-refractivity contribution is 6.30. The summed E-state index contributed by atoms with van der Waals surface area (Å²) in [5.41, 5.74) is 4.35. The molecule has 0 aliphatic heterocycles. The molecule has 7 nitrogen and oxygen atoms in total. The van der Waals surface area contributed by atoms with Gasteiger partial charge in [0.25, 0.3) is 5.56 Å². The van der Waals surface area contributed by atoms with E-state index in [2.05, 4.69) is 15.5 Å². The van der Waals surface area contributed by atoms with Crippen LogP contribution in [0.15, 0.2) is 53.5 Å². The monoisotopic (exact) mass is 447 g/mol. The van der Waals surface area contributed by atoms with Crippen LogP contribution in [0.1, 0.15) is 35.6 Å². The van der Waals surface area contributed by atoms with Crippen LogP contribution < -0.4 is 10.9 Å². The Kier molecular flexibility index (Phi) is 5.06. The van der Waals surface area contributed by atoms with Gasteiger partial charge in [-0.3, -0.25) is 9.59 Å². The predicted molar refractivity (Wildman–Crippen MR) is 125 cm³/mol. The molecule has 0 saturated heterocycles. The number of hydrogen-bond donors (Lipinski definition) is 1. The Morgan fingerprint density at radius 1 is 1.19 bits per heavy atom. The van der Waals surface area contributed by atoms with Gasteiger partial charge in [0, 0.05) is 22.0 Å². The molecule has 2 aromatic heterocycles. The number of hydrogen-bond acceptors (Lipinski definition) is 4. The molecule has 2 aromatic carbocycles. The minimum Gasteiger partial charge on any atom is -0.324 e. The second kappa shape index (κ2) is 7.91. The van der Waals surface area contributed by atoms with Crippen LogP contribution in [0.3, 0.4) is 0 Å². The van der Waals surface area contributed by atoms with Gasteiger partial charge < -0.3 is 5.32 Å². The Hall–Kier alpha value is -3.45. The normalized spacial score (nSPS) is 13.5. The average molecular weight is 448 g/mol. The zero-order chi connectivity index (χ0) is 22.4. The summed E-state index contributed by atoms with van der Waals surface area (Å²) < 4.78 is 2.83. The van der Waals surface area contributed by atoms with Gasteiger partial charge in [0.2, 0.25) is 5.91 Å². The van der Waals surface area contributed by atoms with E-state index in [0.717, 1.165) is 40.7 Å². The summed E-state index contributed by atoms with van der Waals surface area (Å²) in [4.78, 5) is 26.2. The van der Waals surface area contributed by atoms with Gasteiger partial charge in [-0.1, -0.05) is 29.8 Å². The topological polar surface area (TPSA) is 81.8 Å². The van der Waals surface area contributed by atoms with Crippen LogP contribution in [0.5, 0.6) is 0 Å². The summed E-state index contributed by atoms with van der Waals surface area (Å²) in [6, 6.07) is 12.9. The van der Waals surface area contributed by atoms with Crippen molar-refractivity contribution in [1.82, 2.24) is 19.6 Å². The SMILES string of the molecule is Cc1cccc(NC(=O)Cn2nc(C3CC3)c3cnn(-c4cccc(Cl)c4)c3c2=O)c1C. The molecule has 0 bridgehead atoms. The maximum Gasteiger partial charge on any atom is 0.293 e. The lowest BCUT2D eigenvalue weighted by atomic mass is 10.1. The van der Waals surface area contributed by atoms with Crippen LogP contribution in [0.25, 0.3) is 16.6 Å². The van der Waals surface area contributed by atoms with E-state index in [4.69, 9.17) is 11.6 Å². The van der Waals surface area contributed by atoms with E-state index in [1.54, 1.807) is 23.0 Å². The first-order chi connectivity index (χ1) is 15.4. The molecule has 2 heterocycles. The third-order valence-electron chi connectivity index (χ3n) is 5.90. The molecule has 1 amide bonds. The minimum absolute atomic E-state index is 0.178. The lowest BCUT2D eigenvalue weighted by molar-refractivity contribution is -0.117. The van der Waals surface area contributed by atoms with E-state index in [1.165, 1.54) is 4.68 Å². The molecular weight excluding hydrogens is 426 g/mol. The Labute approximate surface area is 189 Å². The summed E-state index contributed by atoms with van der Waals surface area (Å²) >= 11 is 6.16. The Morgan fingerprint density at radius 3 is 2.72 bits per heavy atom. The first-order valence-corrected chi connectivity index (χ1v) is 10.9. The van der Waals surface area contributed by atoms with Crippen molar-refractivity contribution in [3.05, 3.63) is 80.9 Å². The average Bonchev–Trinajstić information content (AvgIpc) is 3.51. The lowest BCUT2D eigenvalue weighted by Gasteiger charge is -2.12. The summed E-state index contributed by atoms with van der Waals surface area (Å²) in [6.07, 6.45) is 3.70. The standard InChI is InChI=1S/C24H22ClN5O2/c1-14-5-3-8-20(15(14)2)27-21(31)13-29-24(32)23-19(22(28-29)16-9-10-16)12-26-30(23)18-7-4-6-17(25)11-18/h3-8,11-12,16H,9-10,13H2,1-2H3,(H,27,31). The number of aryl methyl sites for hydroxylation is 1. The second-order valence-electron chi connectivity index (χ2n) is 8.22. The highest BCUT2D eigenvalue weighted by Crippen LogP contribution is 2.41. The van der Waals surface area contributed by atoms with Crippen molar-refractivity contribution in [2.45, 2.75) is 39.2 Å². The number of carbonyl (C=O) groups excluding carboxylic acids is 1. The molecule has 1 aliphatic carbocycles. The molecule has 1 aliphatic rings. The number of halogens is 1. The number of nitrogens with zero attached hydrogens (tertiary/aromatic N) is 4. The van der Waals surface area contributed by atoms with Gasteiger partial charge in [-0.15, -0.1) is 0 Å². The highest BCUT2D eigenvalue weighted by atomic mass is 35.5. The molecule has 1 N–H and O–H groups in total. The second-order valence-corrected chi connectivity index (χ2v) is 8.65. The number of fused-ring (bicyclic) bond motifs is 1. The number of benzene rings is 2. The van der Waals surface area contributed by atoms with Crippen LogP contribution >= 0.6 is 11.6 Å². The first kappa shape index (κ1) is 20.5. The van der Waals surface area contributed by atoms with Crippen LogP contribution in [0.4, 0.5) is 5.69 Å². The number of aromatic nitrogens is 4. The number of carbonyl (C=O) groups is 1. The summed E-state index contributed by atoms with van der Waals surface area (Å²) in [5.74, 6) is -0.0216. The van der Waals surface area contributed by atoms with E-state index < -0.39 is 0 Å². The Bertz CT molecular complexity index is 1420. The van der Waals surface area contributed by atoms with Crippen LogP contribution in [-0.4, -0.2) is 25.5 Å². The van der Waals surface area contributed by atoms with E-state index >= 15 is 0 Å². The van der Waals surface area contributed by atoms with Crippen molar-refractivity contribution in [2.75, 3.05) is 5.32 Å². The number of rotatable bonds is 5. The van der Waals surface area contributed by atoms with Gasteiger partial charge in [-0.25, -0.2) is 9.36 Å². The molecule has 0 unspecified atom stereocenters. The van der Waals surface area contributed by atoms with Gasteiger partial charge in [0.05, 0.1) is 17.6 Å². The fourth-order valence-electron chi connectivity index (χ4n) is 3.87. The van der Waals surface area contributed by atoms with Crippen molar-refractivity contribution in [3.8, 4) is 5.69 Å². The number of anilines is 1. The van der Waals surface area contributed by atoms with E-state index in [0.29, 0.717) is 16.2 Å². The van der Waals surface area contributed by atoms with Gasteiger partial charge in [-0.05, 0) is 62.1 Å². The van der Waals surface area contributed by atoms with Crippen LogP contribution in [0, 0.1) is 13.8 Å². The summed E-state index contributed by atoms with van der Waals surface area (Å²) in [6.45, 7) is 3.77.